The second kappa shape index (κ2) is 8.51. The molecule has 0 aliphatic rings. The number of pyridine rings is 1. The molecule has 1 amide bonds. The van der Waals surface area contributed by atoms with E-state index in [1.54, 1.807) is 18.2 Å². The fourth-order valence-corrected chi connectivity index (χ4v) is 4.28. The fourth-order valence-electron chi connectivity index (χ4n) is 3.79. The number of hydrogen-bond donors (Lipinski definition) is 1. The maximum absolute atomic E-state index is 13.5. The number of aromatic nitrogens is 1. The van der Waals surface area contributed by atoms with Gasteiger partial charge in [0.1, 0.15) is 0 Å². The predicted octanol–water partition coefficient (Wildman–Crippen LogP) is 8.04. The summed E-state index contributed by atoms with van der Waals surface area (Å²) >= 11 is 18.4. The van der Waals surface area contributed by atoms with Crippen LogP contribution in [0.5, 0.6) is 0 Å². The first kappa shape index (κ1) is 21.6. The normalized spacial score (nSPS) is 11.0. The molecule has 0 aliphatic heterocycles. The number of hydrogen-bond acceptors (Lipinski definition) is 2. The van der Waals surface area contributed by atoms with Gasteiger partial charge in [-0.15, -0.1) is 0 Å². The predicted molar refractivity (Wildman–Crippen MR) is 131 cm³/mol. The molecule has 0 saturated heterocycles. The van der Waals surface area contributed by atoms with Crippen LogP contribution in [0.15, 0.2) is 54.6 Å². The van der Waals surface area contributed by atoms with E-state index in [9.17, 15) is 4.79 Å². The van der Waals surface area contributed by atoms with Gasteiger partial charge in [0, 0.05) is 21.7 Å². The number of anilines is 1. The second-order valence-corrected chi connectivity index (χ2v) is 8.78. The molecule has 1 N–H and O–H groups in total. The third-order valence-corrected chi connectivity index (χ3v) is 6.14. The van der Waals surface area contributed by atoms with Crippen LogP contribution in [0.2, 0.25) is 15.1 Å². The molecule has 3 nitrogen and oxygen atoms in total. The average molecular weight is 470 g/mol. The van der Waals surface area contributed by atoms with Gasteiger partial charge in [0.2, 0.25) is 0 Å². The zero-order valence-corrected chi connectivity index (χ0v) is 19.5. The van der Waals surface area contributed by atoms with Gasteiger partial charge < -0.3 is 5.32 Å². The Kier molecular flexibility index (Phi) is 5.94. The molecular formula is C25H19Cl3N2O. The van der Waals surface area contributed by atoms with Crippen molar-refractivity contribution in [3.8, 4) is 11.3 Å². The number of benzene rings is 3. The van der Waals surface area contributed by atoms with Crippen molar-refractivity contribution in [1.82, 2.24) is 4.98 Å². The van der Waals surface area contributed by atoms with Crippen molar-refractivity contribution in [2.45, 2.75) is 20.8 Å². The topological polar surface area (TPSA) is 42.0 Å². The number of nitrogens with one attached hydrogen (secondary N) is 1. The van der Waals surface area contributed by atoms with Crippen LogP contribution in [0, 0.1) is 20.8 Å². The van der Waals surface area contributed by atoms with E-state index in [-0.39, 0.29) is 5.91 Å². The van der Waals surface area contributed by atoms with Crippen molar-refractivity contribution in [2.24, 2.45) is 0 Å². The van der Waals surface area contributed by atoms with E-state index in [0.29, 0.717) is 26.3 Å². The lowest BCUT2D eigenvalue weighted by atomic mass is 9.94. The van der Waals surface area contributed by atoms with E-state index in [2.05, 4.69) is 11.4 Å². The third kappa shape index (κ3) is 4.27. The molecule has 4 rings (SSSR count). The van der Waals surface area contributed by atoms with Crippen LogP contribution in [0.25, 0.3) is 22.2 Å². The molecule has 0 unspecified atom stereocenters. The van der Waals surface area contributed by atoms with Gasteiger partial charge in [-0.3, -0.25) is 4.79 Å². The Morgan fingerprint density at radius 1 is 0.903 bits per heavy atom. The van der Waals surface area contributed by atoms with E-state index < -0.39 is 0 Å². The highest BCUT2D eigenvalue weighted by Gasteiger charge is 2.21. The van der Waals surface area contributed by atoms with Crippen LogP contribution in [-0.4, -0.2) is 10.9 Å². The highest BCUT2D eigenvalue weighted by Crippen LogP contribution is 2.33. The molecule has 1 heterocycles. The summed E-state index contributed by atoms with van der Waals surface area (Å²) < 4.78 is 0. The summed E-state index contributed by atoms with van der Waals surface area (Å²) in [7, 11) is 0. The van der Waals surface area contributed by atoms with Crippen molar-refractivity contribution in [3.63, 3.8) is 0 Å². The van der Waals surface area contributed by atoms with Gasteiger partial charge in [0.05, 0.1) is 26.8 Å². The summed E-state index contributed by atoms with van der Waals surface area (Å²) in [6.45, 7) is 5.91. The molecule has 0 aliphatic carbocycles. The van der Waals surface area contributed by atoms with Crippen molar-refractivity contribution < 1.29 is 4.79 Å². The van der Waals surface area contributed by atoms with Crippen molar-refractivity contribution in [3.05, 3.63) is 91.9 Å². The lowest BCUT2D eigenvalue weighted by Gasteiger charge is -2.17. The minimum Gasteiger partial charge on any atom is -0.322 e. The number of halogens is 3. The summed E-state index contributed by atoms with van der Waals surface area (Å²) in [4.78, 5) is 18.4. The highest BCUT2D eigenvalue weighted by atomic mass is 35.5. The Hall–Kier alpha value is -2.59. The van der Waals surface area contributed by atoms with Gasteiger partial charge in [0.25, 0.3) is 5.91 Å². The average Bonchev–Trinajstić information content (AvgIpc) is 2.70. The molecule has 0 atom stereocenters. The van der Waals surface area contributed by atoms with Gasteiger partial charge in [-0.1, -0.05) is 58.6 Å². The monoisotopic (exact) mass is 468 g/mol. The summed E-state index contributed by atoms with van der Waals surface area (Å²) in [5, 5.41) is 5.18. The summed E-state index contributed by atoms with van der Waals surface area (Å²) in [6, 6.07) is 16.6. The van der Waals surface area contributed by atoms with E-state index in [0.717, 1.165) is 38.9 Å². The first-order valence-electron chi connectivity index (χ1n) is 9.68. The Morgan fingerprint density at radius 3 is 2.39 bits per heavy atom. The van der Waals surface area contributed by atoms with Crippen LogP contribution >= 0.6 is 34.8 Å². The second-order valence-electron chi connectivity index (χ2n) is 7.53. The van der Waals surface area contributed by atoms with Gasteiger partial charge in [-0.25, -0.2) is 4.98 Å². The molecule has 0 radical (unpaired) electrons. The first-order valence-corrected chi connectivity index (χ1v) is 10.8. The molecule has 0 fully saturated rings. The maximum Gasteiger partial charge on any atom is 0.256 e. The smallest absolute Gasteiger partial charge is 0.256 e. The fraction of sp³-hybridized carbons (Fsp3) is 0.120. The van der Waals surface area contributed by atoms with Crippen LogP contribution in [0.1, 0.15) is 27.0 Å². The van der Waals surface area contributed by atoms with E-state index in [4.69, 9.17) is 39.8 Å². The van der Waals surface area contributed by atoms with E-state index >= 15 is 0 Å². The lowest BCUT2D eigenvalue weighted by molar-refractivity contribution is 0.102. The van der Waals surface area contributed by atoms with E-state index in [1.165, 1.54) is 0 Å². The van der Waals surface area contributed by atoms with Gasteiger partial charge >= 0.3 is 0 Å². The Bertz CT molecular complexity index is 1350. The molecule has 6 heteroatoms. The molecule has 4 aromatic rings. The molecule has 1 aromatic heterocycles. The molecule has 0 spiro atoms. The Balaban J connectivity index is 1.94. The lowest BCUT2D eigenvalue weighted by Crippen LogP contribution is -2.15. The number of aryl methyl sites for hydroxylation is 2. The van der Waals surface area contributed by atoms with E-state index in [1.807, 2.05) is 51.1 Å². The number of nitrogens with zero attached hydrogens (tertiary/aromatic N) is 1. The van der Waals surface area contributed by atoms with Crippen molar-refractivity contribution in [1.29, 1.82) is 0 Å². The summed E-state index contributed by atoms with van der Waals surface area (Å²) in [5.74, 6) is -0.239. The van der Waals surface area contributed by atoms with Crippen LogP contribution in [0.3, 0.4) is 0 Å². The minimum absolute atomic E-state index is 0.239. The third-order valence-electron chi connectivity index (χ3n) is 5.17. The van der Waals surface area contributed by atoms with Crippen LogP contribution < -0.4 is 5.32 Å². The molecule has 156 valence electrons. The van der Waals surface area contributed by atoms with Crippen LogP contribution in [-0.2, 0) is 0 Å². The highest BCUT2D eigenvalue weighted by molar-refractivity contribution is 6.42. The van der Waals surface area contributed by atoms with Crippen molar-refractivity contribution >= 4 is 57.3 Å². The van der Waals surface area contributed by atoms with Gasteiger partial charge in [-0.05, 0) is 68.3 Å². The zero-order valence-electron chi connectivity index (χ0n) is 17.2. The molecule has 3 aromatic carbocycles. The Labute approximate surface area is 196 Å². The quantitative estimate of drug-likeness (QED) is 0.330. The number of rotatable bonds is 3. The maximum atomic E-state index is 13.5. The number of fused-ring (bicyclic) bond motifs is 1. The minimum atomic E-state index is -0.239. The molecule has 0 bridgehead atoms. The SMILES string of the molecule is Cc1cc(C)c2nc(-c3cccc(Cl)c3)c(C)c(C(=O)Nc3ccc(Cl)c(Cl)c3)c2c1. The standard InChI is InChI=1S/C25H19Cl3N2O/c1-13-9-14(2)23-19(10-13)22(25(31)29-18-7-8-20(27)21(28)12-18)15(3)24(30-23)16-5-4-6-17(26)11-16/h4-12H,1-3H3,(H,29,31). The first-order chi connectivity index (χ1) is 14.7. The summed E-state index contributed by atoms with van der Waals surface area (Å²) in [6.07, 6.45) is 0. The van der Waals surface area contributed by atoms with Gasteiger partial charge in [-0.2, -0.15) is 0 Å². The van der Waals surface area contributed by atoms with Crippen LogP contribution in [0.4, 0.5) is 5.69 Å². The van der Waals surface area contributed by atoms with Gasteiger partial charge in [0.15, 0.2) is 0 Å². The number of carbonyl (C=O) groups excluding carboxylic acids is 1. The molecule has 31 heavy (non-hydrogen) atoms. The largest absolute Gasteiger partial charge is 0.322 e. The van der Waals surface area contributed by atoms with Crippen molar-refractivity contribution in [2.75, 3.05) is 5.32 Å². The number of amides is 1. The summed E-state index contributed by atoms with van der Waals surface area (Å²) in [5.41, 5.74) is 6.34. The Morgan fingerprint density at radius 2 is 1.68 bits per heavy atom. The zero-order chi connectivity index (χ0) is 22.3. The molecule has 0 saturated carbocycles. The molecular weight excluding hydrogens is 451 g/mol. The number of carbonyl (C=O) groups is 1.